The van der Waals surface area contributed by atoms with Crippen molar-refractivity contribution >= 4 is 17.6 Å². The Hall–Kier alpha value is -1.30. The van der Waals surface area contributed by atoms with Gasteiger partial charge in [-0.25, -0.2) is 5.43 Å². The molecule has 5 atom stereocenters. The van der Waals surface area contributed by atoms with Crippen LogP contribution in [0.25, 0.3) is 0 Å². The van der Waals surface area contributed by atoms with Gasteiger partial charge in [-0.1, -0.05) is 12.1 Å². The fourth-order valence-electron chi connectivity index (χ4n) is 3.37. The molecule has 5 nitrogen and oxygen atoms in total. The molecule has 1 heterocycles. The van der Waals surface area contributed by atoms with Crippen LogP contribution in [-0.4, -0.2) is 33.6 Å². The number of carboxylic acid groups (broad SMARTS) is 1. The van der Waals surface area contributed by atoms with Crippen molar-refractivity contribution in [3.8, 4) is 5.75 Å². The Kier molecular flexibility index (Phi) is 3.58. The molecule has 108 valence electrons. The highest BCUT2D eigenvalue weighted by Gasteiger charge is 2.46. The minimum absolute atomic E-state index is 0.00912. The summed E-state index contributed by atoms with van der Waals surface area (Å²) in [5.74, 6) is -0.554. The highest BCUT2D eigenvalue weighted by molar-refractivity contribution is 6.21. The van der Waals surface area contributed by atoms with E-state index in [9.17, 15) is 15.0 Å². The van der Waals surface area contributed by atoms with Gasteiger partial charge in [0.05, 0.1) is 0 Å². The number of benzene rings is 1. The number of halogens is 1. The molecule has 0 aromatic heterocycles. The van der Waals surface area contributed by atoms with E-state index in [1.807, 2.05) is 6.07 Å². The van der Waals surface area contributed by atoms with E-state index >= 15 is 0 Å². The first-order valence-corrected chi connectivity index (χ1v) is 7.17. The summed E-state index contributed by atoms with van der Waals surface area (Å²) in [4.78, 5) is 11.3. The van der Waals surface area contributed by atoms with Gasteiger partial charge in [0.2, 0.25) is 0 Å². The Morgan fingerprint density at radius 2 is 2.10 bits per heavy atom. The number of nitrogens with one attached hydrogen (secondary N) is 2. The number of alkyl halides is 1. The summed E-state index contributed by atoms with van der Waals surface area (Å²) < 4.78 is 0. The van der Waals surface area contributed by atoms with Crippen LogP contribution in [0.5, 0.6) is 5.75 Å². The normalized spacial score (nSPS) is 36.5. The lowest BCUT2D eigenvalue weighted by Gasteiger charge is -2.36. The number of carbonyl (C=O) groups is 1. The highest BCUT2D eigenvalue weighted by atomic mass is 35.5. The second-order valence-corrected chi connectivity index (χ2v) is 6.12. The van der Waals surface area contributed by atoms with Crippen LogP contribution >= 0.6 is 11.6 Å². The van der Waals surface area contributed by atoms with E-state index in [0.717, 1.165) is 5.56 Å². The van der Waals surface area contributed by atoms with Gasteiger partial charge in [0.15, 0.2) is 0 Å². The summed E-state index contributed by atoms with van der Waals surface area (Å²) in [6.07, 6.45) is 1.41. The van der Waals surface area contributed by atoms with E-state index in [2.05, 4.69) is 10.9 Å². The number of aliphatic carboxylic acids is 1. The van der Waals surface area contributed by atoms with Crippen molar-refractivity contribution in [3.63, 3.8) is 0 Å². The number of aromatic hydroxyl groups is 1. The highest BCUT2D eigenvalue weighted by Crippen LogP contribution is 2.42. The number of hydrogen-bond donors (Lipinski definition) is 4. The molecule has 1 aromatic rings. The number of fused-ring (bicyclic) bond motifs is 1. The molecule has 1 aromatic carbocycles. The summed E-state index contributed by atoms with van der Waals surface area (Å²) in [6, 6.07) is 6.57. The van der Waals surface area contributed by atoms with Gasteiger partial charge in [-0.3, -0.25) is 10.2 Å². The first-order valence-electron chi connectivity index (χ1n) is 6.73. The molecule has 6 heteroatoms. The monoisotopic (exact) mass is 296 g/mol. The Bertz CT molecular complexity index is 525. The van der Waals surface area contributed by atoms with E-state index in [4.69, 9.17) is 11.6 Å². The van der Waals surface area contributed by atoms with Crippen molar-refractivity contribution < 1.29 is 15.0 Å². The van der Waals surface area contributed by atoms with Crippen molar-refractivity contribution in [2.45, 2.75) is 36.2 Å². The SMILES string of the molecule is O=C(O)C1NNC2CC(Cl)C(c3cccc(O)c3)CC21. The van der Waals surface area contributed by atoms with Crippen LogP contribution in [-0.2, 0) is 4.79 Å². The number of carboxylic acids is 1. The number of rotatable bonds is 2. The molecule has 0 bridgehead atoms. The summed E-state index contributed by atoms with van der Waals surface area (Å²) in [5.41, 5.74) is 6.86. The van der Waals surface area contributed by atoms with Crippen molar-refractivity contribution in [1.29, 1.82) is 0 Å². The third kappa shape index (κ3) is 2.37. The Morgan fingerprint density at radius 3 is 2.80 bits per heavy atom. The molecule has 1 aliphatic carbocycles. The van der Waals surface area contributed by atoms with Crippen molar-refractivity contribution in [3.05, 3.63) is 29.8 Å². The topological polar surface area (TPSA) is 81.6 Å². The standard InChI is InChI=1S/C14H17ClN2O3/c15-11-6-12-10(13(14(19)20)17-16-12)5-9(11)7-2-1-3-8(18)4-7/h1-4,9-13,16-18H,5-6H2,(H,19,20). The maximum Gasteiger partial charge on any atom is 0.322 e. The molecular formula is C14H17ClN2O3. The minimum Gasteiger partial charge on any atom is -0.508 e. The lowest BCUT2D eigenvalue weighted by atomic mass is 9.73. The van der Waals surface area contributed by atoms with Crippen LogP contribution in [0.1, 0.15) is 24.3 Å². The van der Waals surface area contributed by atoms with Crippen molar-refractivity contribution in [1.82, 2.24) is 10.9 Å². The van der Waals surface area contributed by atoms with Crippen LogP contribution in [0.4, 0.5) is 0 Å². The smallest absolute Gasteiger partial charge is 0.322 e. The van der Waals surface area contributed by atoms with E-state index in [1.165, 1.54) is 0 Å². The average Bonchev–Trinajstić information content (AvgIpc) is 2.80. The summed E-state index contributed by atoms with van der Waals surface area (Å²) >= 11 is 6.47. The maximum absolute atomic E-state index is 11.3. The molecule has 2 aliphatic rings. The lowest BCUT2D eigenvalue weighted by molar-refractivity contribution is -0.140. The third-order valence-corrected chi connectivity index (χ3v) is 4.86. The van der Waals surface area contributed by atoms with Crippen LogP contribution in [0.15, 0.2) is 24.3 Å². The van der Waals surface area contributed by atoms with Crippen molar-refractivity contribution in [2.75, 3.05) is 0 Å². The van der Waals surface area contributed by atoms with E-state index in [0.29, 0.717) is 12.8 Å². The number of phenols is 1. The molecule has 0 spiro atoms. The second kappa shape index (κ2) is 5.24. The molecule has 5 unspecified atom stereocenters. The summed E-state index contributed by atoms with van der Waals surface area (Å²) in [7, 11) is 0. The molecule has 20 heavy (non-hydrogen) atoms. The Balaban J connectivity index is 1.84. The van der Waals surface area contributed by atoms with Gasteiger partial charge >= 0.3 is 5.97 Å². The fraction of sp³-hybridized carbons (Fsp3) is 0.500. The minimum atomic E-state index is -0.840. The van der Waals surface area contributed by atoms with Crippen LogP contribution < -0.4 is 10.9 Å². The van der Waals surface area contributed by atoms with Gasteiger partial charge in [0.1, 0.15) is 11.8 Å². The Labute approximate surface area is 121 Å². The first-order chi connectivity index (χ1) is 9.56. The summed E-state index contributed by atoms with van der Waals surface area (Å²) in [6.45, 7) is 0. The molecular weight excluding hydrogens is 280 g/mol. The van der Waals surface area contributed by atoms with Crippen LogP contribution in [0.2, 0.25) is 0 Å². The predicted octanol–water partition coefficient (Wildman–Crippen LogP) is 1.42. The first kappa shape index (κ1) is 13.7. The van der Waals surface area contributed by atoms with E-state index in [-0.39, 0.29) is 29.0 Å². The molecule has 1 saturated heterocycles. The zero-order valence-corrected chi connectivity index (χ0v) is 11.5. The molecule has 3 rings (SSSR count). The summed E-state index contributed by atoms with van der Waals surface area (Å²) in [5, 5.41) is 18.8. The number of phenolic OH excluding ortho intramolecular Hbond substituents is 1. The molecule has 4 N–H and O–H groups in total. The molecule has 0 radical (unpaired) electrons. The van der Waals surface area contributed by atoms with Gasteiger partial charge in [0.25, 0.3) is 0 Å². The zero-order valence-electron chi connectivity index (χ0n) is 10.8. The van der Waals surface area contributed by atoms with Gasteiger partial charge in [0, 0.05) is 23.3 Å². The largest absolute Gasteiger partial charge is 0.508 e. The van der Waals surface area contributed by atoms with Gasteiger partial charge in [-0.2, -0.15) is 0 Å². The van der Waals surface area contributed by atoms with Gasteiger partial charge in [-0.05, 0) is 30.5 Å². The quantitative estimate of drug-likeness (QED) is 0.621. The fourth-order valence-corrected chi connectivity index (χ4v) is 3.81. The van der Waals surface area contributed by atoms with E-state index in [1.54, 1.807) is 18.2 Å². The molecule has 2 fully saturated rings. The third-order valence-electron chi connectivity index (χ3n) is 4.38. The second-order valence-electron chi connectivity index (χ2n) is 5.56. The average molecular weight is 297 g/mol. The Morgan fingerprint density at radius 1 is 1.30 bits per heavy atom. The van der Waals surface area contributed by atoms with Gasteiger partial charge < -0.3 is 10.2 Å². The maximum atomic E-state index is 11.3. The predicted molar refractivity (Wildman–Crippen MR) is 74.7 cm³/mol. The molecule has 1 aliphatic heterocycles. The molecule has 0 amide bonds. The number of hydrogen-bond acceptors (Lipinski definition) is 4. The van der Waals surface area contributed by atoms with Crippen LogP contribution in [0.3, 0.4) is 0 Å². The number of hydrazine groups is 1. The van der Waals surface area contributed by atoms with Crippen molar-refractivity contribution in [2.24, 2.45) is 5.92 Å². The molecule has 1 saturated carbocycles. The zero-order chi connectivity index (χ0) is 14.3. The van der Waals surface area contributed by atoms with Gasteiger partial charge in [-0.15, -0.1) is 11.6 Å². The lowest BCUT2D eigenvalue weighted by Crippen LogP contribution is -2.41. The van der Waals surface area contributed by atoms with Crippen LogP contribution in [0, 0.1) is 5.92 Å². The van der Waals surface area contributed by atoms with E-state index < -0.39 is 12.0 Å².